The maximum atomic E-state index is 5.57. The van der Waals surface area contributed by atoms with E-state index in [0.29, 0.717) is 0 Å². The number of aryl methyl sites for hydroxylation is 1. The van der Waals surface area contributed by atoms with Crippen LogP contribution in [-0.2, 0) is 6.42 Å². The third-order valence-electron chi connectivity index (χ3n) is 4.48. The summed E-state index contributed by atoms with van der Waals surface area (Å²) in [4.78, 5) is 0. The van der Waals surface area contributed by atoms with Crippen molar-refractivity contribution in [3.05, 3.63) is 78.4 Å². The summed E-state index contributed by atoms with van der Waals surface area (Å²) >= 11 is 0. The van der Waals surface area contributed by atoms with E-state index in [0.717, 1.165) is 47.9 Å². The summed E-state index contributed by atoms with van der Waals surface area (Å²) < 4.78 is 5.57. The van der Waals surface area contributed by atoms with Crippen molar-refractivity contribution in [2.45, 2.75) is 39.5 Å². The minimum atomic E-state index is 0.717. The highest BCUT2D eigenvalue weighted by molar-refractivity contribution is 5.48. The van der Waals surface area contributed by atoms with E-state index < -0.39 is 0 Å². The minimum absolute atomic E-state index is 0.717. The summed E-state index contributed by atoms with van der Waals surface area (Å²) in [6.07, 6.45) is 4.52. The Hall–Kier alpha value is -3.34. The van der Waals surface area contributed by atoms with Gasteiger partial charge in [-0.15, -0.1) is 0 Å². The predicted octanol–water partition coefficient (Wildman–Crippen LogP) is 8.65. The molecule has 0 aliphatic heterocycles. The van der Waals surface area contributed by atoms with E-state index >= 15 is 0 Å². The standard InChI is InChI=1S/C25H28N4O/c1-3-5-6-20-7-9-21(10-8-20)26-27-22-11-13-23(14-12-22)28-29-24-15-17-25(18-16-24)30-19-4-2/h7-18H,3-6,19H2,1-2H3/b27-26+,29-28+. The predicted molar refractivity (Wildman–Crippen MR) is 122 cm³/mol. The van der Waals surface area contributed by atoms with Crippen LogP contribution in [0.3, 0.4) is 0 Å². The fourth-order valence-corrected chi connectivity index (χ4v) is 2.76. The topological polar surface area (TPSA) is 58.7 Å². The lowest BCUT2D eigenvalue weighted by Gasteiger charge is -2.03. The molecule has 0 N–H and O–H groups in total. The van der Waals surface area contributed by atoms with Gasteiger partial charge in [0, 0.05) is 0 Å². The zero-order valence-corrected chi connectivity index (χ0v) is 17.7. The largest absolute Gasteiger partial charge is 0.494 e. The van der Waals surface area contributed by atoms with Gasteiger partial charge in [-0.25, -0.2) is 0 Å². The van der Waals surface area contributed by atoms with Crippen LogP contribution in [-0.4, -0.2) is 6.61 Å². The third kappa shape index (κ3) is 6.92. The molecular weight excluding hydrogens is 372 g/mol. The van der Waals surface area contributed by atoms with Gasteiger partial charge < -0.3 is 4.74 Å². The molecule has 0 saturated heterocycles. The van der Waals surface area contributed by atoms with E-state index in [2.05, 4.69) is 46.4 Å². The second kappa shape index (κ2) is 11.6. The molecule has 0 saturated carbocycles. The SMILES string of the molecule is CCCCc1ccc(/N=N/c2ccc(/N=N/c3ccc(OCCC)cc3)cc2)cc1. The highest BCUT2D eigenvalue weighted by atomic mass is 16.5. The Labute approximate surface area is 178 Å². The van der Waals surface area contributed by atoms with Gasteiger partial charge in [0.1, 0.15) is 5.75 Å². The molecule has 0 spiro atoms. The maximum Gasteiger partial charge on any atom is 0.119 e. The first-order valence-electron chi connectivity index (χ1n) is 10.5. The number of benzene rings is 3. The van der Waals surface area contributed by atoms with Crippen LogP contribution in [0.25, 0.3) is 0 Å². The number of azo groups is 2. The molecule has 0 atom stereocenters. The van der Waals surface area contributed by atoms with Crippen molar-refractivity contribution < 1.29 is 4.74 Å². The fraction of sp³-hybridized carbons (Fsp3) is 0.280. The number of rotatable bonds is 10. The van der Waals surface area contributed by atoms with Gasteiger partial charge in [0.05, 0.1) is 29.4 Å². The molecule has 0 aromatic heterocycles. The minimum Gasteiger partial charge on any atom is -0.494 e. The number of nitrogens with zero attached hydrogens (tertiary/aromatic N) is 4. The van der Waals surface area contributed by atoms with E-state index in [9.17, 15) is 0 Å². The smallest absolute Gasteiger partial charge is 0.119 e. The number of hydrogen-bond donors (Lipinski definition) is 0. The summed E-state index contributed by atoms with van der Waals surface area (Å²) in [6.45, 7) is 5.01. The van der Waals surface area contributed by atoms with Crippen molar-refractivity contribution in [1.29, 1.82) is 0 Å². The van der Waals surface area contributed by atoms with Crippen molar-refractivity contribution in [2.24, 2.45) is 20.5 Å². The van der Waals surface area contributed by atoms with Crippen LogP contribution in [0.5, 0.6) is 5.75 Å². The highest BCUT2D eigenvalue weighted by Gasteiger charge is 1.97. The van der Waals surface area contributed by atoms with E-state index in [1.54, 1.807) is 0 Å². The van der Waals surface area contributed by atoms with Gasteiger partial charge in [-0.2, -0.15) is 20.5 Å². The van der Waals surface area contributed by atoms with Crippen molar-refractivity contribution in [1.82, 2.24) is 0 Å². The number of ether oxygens (including phenoxy) is 1. The van der Waals surface area contributed by atoms with Crippen LogP contribution in [0.15, 0.2) is 93.3 Å². The van der Waals surface area contributed by atoms with Gasteiger partial charge in [-0.1, -0.05) is 32.4 Å². The number of hydrogen-bond acceptors (Lipinski definition) is 5. The lowest BCUT2D eigenvalue weighted by Crippen LogP contribution is -1.93. The Bertz CT molecular complexity index is 865. The molecular formula is C25H28N4O. The first-order chi connectivity index (χ1) is 14.8. The molecule has 154 valence electrons. The van der Waals surface area contributed by atoms with Crippen LogP contribution in [0.4, 0.5) is 22.7 Å². The zero-order valence-electron chi connectivity index (χ0n) is 17.7. The average Bonchev–Trinajstić information content (AvgIpc) is 2.80. The van der Waals surface area contributed by atoms with Crippen molar-refractivity contribution in [3.8, 4) is 5.75 Å². The summed E-state index contributed by atoms with van der Waals surface area (Å²) in [5.74, 6) is 0.848. The first kappa shape index (κ1) is 21.4. The van der Waals surface area contributed by atoms with Crippen LogP contribution in [0.2, 0.25) is 0 Å². The molecule has 0 heterocycles. The molecule has 0 radical (unpaired) electrons. The second-order valence-corrected chi connectivity index (χ2v) is 7.03. The van der Waals surface area contributed by atoms with Gasteiger partial charge in [0.25, 0.3) is 0 Å². The average molecular weight is 401 g/mol. The quantitative estimate of drug-likeness (QED) is 0.314. The Balaban J connectivity index is 1.55. The Kier molecular flexibility index (Phi) is 8.27. The van der Waals surface area contributed by atoms with Crippen molar-refractivity contribution in [2.75, 3.05) is 6.61 Å². The highest BCUT2D eigenvalue weighted by Crippen LogP contribution is 2.24. The van der Waals surface area contributed by atoms with Gasteiger partial charge in [-0.3, -0.25) is 0 Å². The van der Waals surface area contributed by atoms with E-state index in [1.165, 1.54) is 18.4 Å². The second-order valence-electron chi connectivity index (χ2n) is 7.03. The molecule has 5 nitrogen and oxygen atoms in total. The molecule has 3 rings (SSSR count). The summed E-state index contributed by atoms with van der Waals surface area (Å²) in [7, 11) is 0. The maximum absolute atomic E-state index is 5.57. The van der Waals surface area contributed by atoms with Crippen LogP contribution < -0.4 is 4.74 Å². The fourth-order valence-electron chi connectivity index (χ4n) is 2.76. The molecule has 30 heavy (non-hydrogen) atoms. The van der Waals surface area contributed by atoms with Gasteiger partial charge >= 0.3 is 0 Å². The molecule has 3 aromatic rings. The van der Waals surface area contributed by atoms with E-state index in [1.807, 2.05) is 60.7 Å². The summed E-state index contributed by atoms with van der Waals surface area (Å²) in [6, 6.07) is 23.4. The Morgan fingerprint density at radius 1 is 0.567 bits per heavy atom. The molecule has 5 heteroatoms. The molecule has 0 unspecified atom stereocenters. The normalized spacial score (nSPS) is 11.4. The molecule has 3 aromatic carbocycles. The lowest BCUT2D eigenvalue weighted by molar-refractivity contribution is 0.317. The Morgan fingerprint density at radius 2 is 1.00 bits per heavy atom. The van der Waals surface area contributed by atoms with Crippen molar-refractivity contribution in [3.63, 3.8) is 0 Å². The van der Waals surface area contributed by atoms with Crippen molar-refractivity contribution >= 4 is 22.7 Å². The zero-order chi connectivity index (χ0) is 21.0. The van der Waals surface area contributed by atoms with Gasteiger partial charge in [-0.05, 0) is 85.5 Å². The molecule has 0 amide bonds. The lowest BCUT2D eigenvalue weighted by atomic mass is 10.1. The molecule has 0 bridgehead atoms. The Morgan fingerprint density at radius 3 is 1.43 bits per heavy atom. The van der Waals surface area contributed by atoms with E-state index in [-0.39, 0.29) is 0 Å². The van der Waals surface area contributed by atoms with Crippen LogP contribution in [0.1, 0.15) is 38.7 Å². The third-order valence-corrected chi connectivity index (χ3v) is 4.48. The molecule has 0 fully saturated rings. The summed E-state index contributed by atoms with van der Waals surface area (Å²) in [5.41, 5.74) is 4.52. The van der Waals surface area contributed by atoms with E-state index in [4.69, 9.17) is 4.74 Å². The monoisotopic (exact) mass is 400 g/mol. The molecule has 0 aliphatic rings. The van der Waals surface area contributed by atoms with Crippen LogP contribution in [0, 0.1) is 0 Å². The first-order valence-corrected chi connectivity index (χ1v) is 10.5. The summed E-state index contributed by atoms with van der Waals surface area (Å²) in [5, 5.41) is 17.2. The van der Waals surface area contributed by atoms with Gasteiger partial charge in [0.15, 0.2) is 0 Å². The molecule has 0 aliphatic carbocycles. The number of unbranched alkanes of at least 4 members (excludes halogenated alkanes) is 1. The van der Waals surface area contributed by atoms with Gasteiger partial charge in [0.2, 0.25) is 0 Å². The van der Waals surface area contributed by atoms with Crippen LogP contribution >= 0.6 is 0 Å².